The minimum Gasteiger partial charge on any atom is -0.469 e. The average molecular weight is 531 g/mol. The third-order valence-electron chi connectivity index (χ3n) is 11.8. The SMILES string of the molecule is COC(=O)C(C)CC(=O)CC(C)C1CC(O)C2(C)C3=C(C(=O)CC12C)C1(C)CCC(=O)C(C)(C)C1CC3O. The first-order valence-electron chi connectivity index (χ1n) is 14.2. The quantitative estimate of drug-likeness (QED) is 0.494. The summed E-state index contributed by atoms with van der Waals surface area (Å²) >= 11 is 0. The number of methoxy groups -OCH3 is 1. The van der Waals surface area contributed by atoms with E-state index in [9.17, 15) is 29.4 Å². The fraction of sp³-hybridized carbons (Fsp3) is 0.806. The Morgan fingerprint density at radius 1 is 1.03 bits per heavy atom. The van der Waals surface area contributed by atoms with E-state index in [0.29, 0.717) is 36.8 Å². The van der Waals surface area contributed by atoms with Crippen LogP contribution in [0.1, 0.15) is 93.4 Å². The molecule has 2 fully saturated rings. The molecule has 0 aromatic rings. The first kappa shape index (κ1) is 29.1. The zero-order chi connectivity index (χ0) is 28.6. The van der Waals surface area contributed by atoms with Crippen molar-refractivity contribution in [1.82, 2.24) is 0 Å². The van der Waals surface area contributed by atoms with E-state index < -0.39 is 45.8 Å². The van der Waals surface area contributed by atoms with Gasteiger partial charge in [-0.25, -0.2) is 0 Å². The fourth-order valence-corrected chi connectivity index (χ4v) is 9.40. The Labute approximate surface area is 226 Å². The summed E-state index contributed by atoms with van der Waals surface area (Å²) in [6, 6.07) is 0. The predicted octanol–water partition coefficient (Wildman–Crippen LogP) is 4.22. The third-order valence-corrected chi connectivity index (χ3v) is 11.8. The molecule has 0 radical (unpaired) electrons. The first-order chi connectivity index (χ1) is 17.5. The Morgan fingerprint density at radius 2 is 1.66 bits per heavy atom. The summed E-state index contributed by atoms with van der Waals surface area (Å²) < 4.78 is 4.76. The zero-order valence-electron chi connectivity index (χ0n) is 24.3. The van der Waals surface area contributed by atoms with E-state index >= 15 is 0 Å². The summed E-state index contributed by atoms with van der Waals surface area (Å²) in [5.41, 5.74) is -1.31. The van der Waals surface area contributed by atoms with Crippen LogP contribution in [0, 0.1) is 45.3 Å². The van der Waals surface area contributed by atoms with Crippen molar-refractivity contribution in [3.8, 4) is 0 Å². The van der Waals surface area contributed by atoms with Gasteiger partial charge >= 0.3 is 5.97 Å². The number of allylic oxidation sites excluding steroid dienone is 1. The van der Waals surface area contributed by atoms with Gasteiger partial charge < -0.3 is 14.9 Å². The van der Waals surface area contributed by atoms with Crippen molar-refractivity contribution in [2.75, 3.05) is 7.11 Å². The molecule has 9 atom stereocenters. The highest BCUT2D eigenvalue weighted by Gasteiger charge is 2.70. The topological polar surface area (TPSA) is 118 Å². The van der Waals surface area contributed by atoms with E-state index in [4.69, 9.17) is 4.74 Å². The molecule has 0 bridgehead atoms. The Bertz CT molecular complexity index is 1090. The second kappa shape index (κ2) is 9.36. The van der Waals surface area contributed by atoms with Crippen molar-refractivity contribution in [1.29, 1.82) is 0 Å². The average Bonchev–Trinajstić information content (AvgIpc) is 3.03. The third kappa shape index (κ3) is 3.89. The van der Waals surface area contributed by atoms with Crippen LogP contribution in [0.2, 0.25) is 0 Å². The van der Waals surface area contributed by atoms with Crippen LogP contribution < -0.4 is 0 Å². The smallest absolute Gasteiger partial charge is 0.308 e. The van der Waals surface area contributed by atoms with Gasteiger partial charge in [0.05, 0.1) is 25.2 Å². The number of carbonyl (C=O) groups excluding carboxylic acids is 4. The number of rotatable bonds is 6. The number of Topliss-reactive ketones (excluding diaryl/α,β-unsaturated/α-hetero) is 3. The highest BCUT2D eigenvalue weighted by atomic mass is 16.5. The molecule has 4 aliphatic rings. The number of ether oxygens (including phenoxy) is 1. The molecule has 0 amide bonds. The van der Waals surface area contributed by atoms with Crippen molar-refractivity contribution >= 4 is 23.3 Å². The lowest BCUT2D eigenvalue weighted by Gasteiger charge is -2.61. The van der Waals surface area contributed by atoms with Gasteiger partial charge in [0.25, 0.3) is 0 Å². The predicted molar refractivity (Wildman–Crippen MR) is 142 cm³/mol. The van der Waals surface area contributed by atoms with Gasteiger partial charge in [0.2, 0.25) is 0 Å². The highest BCUT2D eigenvalue weighted by Crippen LogP contribution is 2.71. The zero-order valence-corrected chi connectivity index (χ0v) is 24.3. The van der Waals surface area contributed by atoms with Gasteiger partial charge in [-0.15, -0.1) is 0 Å². The van der Waals surface area contributed by atoms with Gasteiger partial charge in [0, 0.05) is 47.5 Å². The van der Waals surface area contributed by atoms with Crippen molar-refractivity contribution in [2.45, 2.75) is 106 Å². The molecule has 0 spiro atoms. The van der Waals surface area contributed by atoms with Crippen LogP contribution in [-0.4, -0.2) is 52.8 Å². The molecule has 38 heavy (non-hydrogen) atoms. The molecule has 0 aromatic carbocycles. The summed E-state index contributed by atoms with van der Waals surface area (Å²) in [5.74, 6) is -1.15. The van der Waals surface area contributed by atoms with E-state index in [1.165, 1.54) is 7.11 Å². The molecule has 0 aromatic heterocycles. The summed E-state index contributed by atoms with van der Waals surface area (Å²) in [6.07, 6.45) is 0.728. The Kier molecular flexibility index (Phi) is 7.18. The van der Waals surface area contributed by atoms with Gasteiger partial charge in [0.15, 0.2) is 5.78 Å². The number of hydrogen-bond acceptors (Lipinski definition) is 7. The standard InChI is InChI=1S/C31H46O7/c1-16(11-18(32)12-17(2)27(37)38-8)19-13-24(36)31(7)26-20(33)14-22-28(3,4)23(35)9-10-29(22,5)25(26)21(34)15-30(19,31)6/h16-17,19-20,22,24,33,36H,9-15H2,1-8H3. The minimum atomic E-state index is -0.909. The summed E-state index contributed by atoms with van der Waals surface area (Å²) in [7, 11) is 1.31. The van der Waals surface area contributed by atoms with Crippen LogP contribution in [0.3, 0.4) is 0 Å². The fourth-order valence-electron chi connectivity index (χ4n) is 9.40. The number of esters is 1. The van der Waals surface area contributed by atoms with E-state index in [1.54, 1.807) is 6.92 Å². The first-order valence-corrected chi connectivity index (χ1v) is 14.2. The molecule has 2 saturated carbocycles. The summed E-state index contributed by atoms with van der Waals surface area (Å²) in [6.45, 7) is 13.7. The number of hydrogen-bond donors (Lipinski definition) is 2. The van der Waals surface area contributed by atoms with Gasteiger partial charge in [-0.1, -0.05) is 48.5 Å². The molecule has 4 aliphatic carbocycles. The van der Waals surface area contributed by atoms with E-state index in [2.05, 4.69) is 6.92 Å². The molecule has 9 unspecified atom stereocenters. The van der Waals surface area contributed by atoms with Crippen LogP contribution in [0.5, 0.6) is 0 Å². The molecule has 2 N–H and O–H groups in total. The second-order valence-corrected chi connectivity index (χ2v) is 14.1. The molecule has 7 heteroatoms. The molecule has 0 saturated heterocycles. The van der Waals surface area contributed by atoms with E-state index in [-0.39, 0.29) is 54.4 Å². The maximum atomic E-state index is 14.1. The van der Waals surface area contributed by atoms with Crippen LogP contribution in [0.4, 0.5) is 0 Å². The number of aliphatic hydroxyl groups is 2. The maximum absolute atomic E-state index is 14.1. The van der Waals surface area contributed by atoms with Gasteiger partial charge in [-0.2, -0.15) is 0 Å². The number of ketones is 3. The second-order valence-electron chi connectivity index (χ2n) is 14.1. The van der Waals surface area contributed by atoms with Crippen LogP contribution in [-0.2, 0) is 23.9 Å². The van der Waals surface area contributed by atoms with Crippen LogP contribution in [0.15, 0.2) is 11.1 Å². The monoisotopic (exact) mass is 530 g/mol. The van der Waals surface area contributed by atoms with Crippen molar-refractivity contribution in [2.24, 2.45) is 45.3 Å². The van der Waals surface area contributed by atoms with Crippen LogP contribution >= 0.6 is 0 Å². The number of carbonyl (C=O) groups is 4. The Balaban J connectivity index is 1.71. The minimum absolute atomic E-state index is 0.00770. The summed E-state index contributed by atoms with van der Waals surface area (Å²) in [5, 5.41) is 23.3. The molecular weight excluding hydrogens is 484 g/mol. The number of fused-ring (bicyclic) bond motifs is 4. The number of aliphatic hydroxyl groups excluding tert-OH is 2. The lowest BCUT2D eigenvalue weighted by Crippen LogP contribution is -2.60. The van der Waals surface area contributed by atoms with Gasteiger partial charge in [-0.3, -0.25) is 19.2 Å². The largest absolute Gasteiger partial charge is 0.469 e. The molecular formula is C31H46O7. The molecule has 0 aliphatic heterocycles. The molecule has 212 valence electrons. The lowest BCUT2D eigenvalue weighted by atomic mass is 9.42. The molecule has 4 rings (SSSR count). The van der Waals surface area contributed by atoms with Crippen LogP contribution in [0.25, 0.3) is 0 Å². The van der Waals surface area contributed by atoms with Gasteiger partial charge in [0.1, 0.15) is 11.6 Å². The van der Waals surface area contributed by atoms with Gasteiger partial charge in [-0.05, 0) is 48.0 Å². The van der Waals surface area contributed by atoms with Crippen molar-refractivity contribution < 1.29 is 34.1 Å². The maximum Gasteiger partial charge on any atom is 0.308 e. The lowest BCUT2D eigenvalue weighted by molar-refractivity contribution is -0.147. The Morgan fingerprint density at radius 3 is 2.26 bits per heavy atom. The van der Waals surface area contributed by atoms with E-state index in [1.807, 2.05) is 34.6 Å². The normalized spacial score (nSPS) is 41.6. The Hall–Kier alpha value is -1.86. The van der Waals surface area contributed by atoms with E-state index in [0.717, 1.165) is 0 Å². The summed E-state index contributed by atoms with van der Waals surface area (Å²) in [4.78, 5) is 51.7. The highest BCUT2D eigenvalue weighted by molar-refractivity contribution is 6.01. The van der Waals surface area contributed by atoms with Crippen molar-refractivity contribution in [3.05, 3.63) is 11.1 Å². The molecule has 0 heterocycles. The molecule has 7 nitrogen and oxygen atoms in total. The van der Waals surface area contributed by atoms with Crippen molar-refractivity contribution in [3.63, 3.8) is 0 Å².